The van der Waals surface area contributed by atoms with Gasteiger partial charge in [-0.25, -0.2) is 4.57 Å². The third kappa shape index (κ3) is 1.64. The van der Waals surface area contributed by atoms with Crippen LogP contribution in [-0.4, -0.2) is 46.3 Å². The Kier molecular flexibility index (Phi) is 2.20. The number of rotatable bonds is 0. The minimum absolute atomic E-state index is 0.147. The van der Waals surface area contributed by atoms with Gasteiger partial charge in [0.1, 0.15) is 18.3 Å². The van der Waals surface area contributed by atoms with Gasteiger partial charge in [-0.1, -0.05) is 0 Å². The molecule has 13 heavy (non-hydrogen) atoms. The number of hydrogen-bond donors (Lipinski definition) is 3. The van der Waals surface area contributed by atoms with Crippen LogP contribution in [0.1, 0.15) is 0 Å². The molecule has 2 saturated heterocycles. The van der Waals surface area contributed by atoms with E-state index in [1.165, 1.54) is 0 Å². The molecule has 2 fully saturated rings. The highest BCUT2D eigenvalue weighted by Crippen LogP contribution is 2.54. The molecule has 0 bridgehead atoms. The number of hydrogen-bond acceptors (Lipinski definition) is 6. The summed E-state index contributed by atoms with van der Waals surface area (Å²) in [5.74, 6) is 0. The second-order valence-corrected chi connectivity index (χ2v) is 4.26. The third-order valence-corrected chi connectivity index (χ3v) is 2.91. The number of aliphatic hydroxyl groups excluding tert-OH is 2. The lowest BCUT2D eigenvalue weighted by molar-refractivity contribution is -0.207. The summed E-state index contributed by atoms with van der Waals surface area (Å²) < 4.78 is 24.7. The average molecular weight is 212 g/mol. The molecule has 0 aromatic heterocycles. The van der Waals surface area contributed by atoms with Gasteiger partial charge in [0.2, 0.25) is 0 Å². The van der Waals surface area contributed by atoms with E-state index in [4.69, 9.17) is 14.7 Å². The maximum Gasteiger partial charge on any atom is 0.475 e. The van der Waals surface area contributed by atoms with E-state index in [2.05, 4.69) is 9.05 Å². The first-order valence-corrected chi connectivity index (χ1v) is 5.16. The Morgan fingerprint density at radius 2 is 2.00 bits per heavy atom. The first-order chi connectivity index (χ1) is 5.99. The van der Waals surface area contributed by atoms with Crippen LogP contribution in [0.3, 0.4) is 0 Å². The van der Waals surface area contributed by atoms with E-state index in [1.54, 1.807) is 0 Å². The van der Waals surface area contributed by atoms with Crippen LogP contribution in [0, 0.1) is 0 Å². The molecule has 3 N–H and O–H groups in total. The molecular formula is C5H9O7P. The number of phosphoric acid groups is 1. The molecule has 0 amide bonds. The Morgan fingerprint density at radius 3 is 2.69 bits per heavy atom. The molecule has 0 saturated carbocycles. The zero-order valence-electron chi connectivity index (χ0n) is 6.44. The highest BCUT2D eigenvalue weighted by atomic mass is 31.2. The van der Waals surface area contributed by atoms with Gasteiger partial charge in [-0.15, -0.1) is 0 Å². The summed E-state index contributed by atoms with van der Waals surface area (Å²) in [6, 6.07) is 0. The molecule has 5 atom stereocenters. The van der Waals surface area contributed by atoms with Crippen LogP contribution in [0.25, 0.3) is 0 Å². The van der Waals surface area contributed by atoms with E-state index in [9.17, 15) is 9.67 Å². The monoisotopic (exact) mass is 212 g/mol. The maximum absolute atomic E-state index is 10.9. The van der Waals surface area contributed by atoms with Gasteiger partial charge in [0.25, 0.3) is 0 Å². The fourth-order valence-electron chi connectivity index (χ4n) is 1.28. The Labute approximate surface area is 73.5 Å². The van der Waals surface area contributed by atoms with E-state index in [1.807, 2.05) is 0 Å². The van der Waals surface area contributed by atoms with Gasteiger partial charge in [-0.2, -0.15) is 0 Å². The summed E-state index contributed by atoms with van der Waals surface area (Å²) >= 11 is 0. The van der Waals surface area contributed by atoms with Gasteiger partial charge in [0.05, 0.1) is 6.61 Å². The lowest BCUT2D eigenvalue weighted by Gasteiger charge is -2.30. The smallest absolute Gasteiger partial charge is 0.388 e. The van der Waals surface area contributed by atoms with Gasteiger partial charge in [0.15, 0.2) is 6.29 Å². The Balaban J connectivity index is 2.15. The van der Waals surface area contributed by atoms with E-state index in [0.29, 0.717) is 0 Å². The van der Waals surface area contributed by atoms with Crippen molar-refractivity contribution in [2.75, 3.05) is 6.61 Å². The SMILES string of the molecule is O=P1(O)OC2OC[C@@H](O)[C@H](O)[C@H]2O1. The molecule has 8 heteroatoms. The van der Waals surface area contributed by atoms with E-state index >= 15 is 0 Å². The Hall–Kier alpha value is -0.0100. The molecule has 2 aliphatic rings. The molecular weight excluding hydrogens is 203 g/mol. The standard InChI is InChI=1S/C5H9O7P/c6-2-1-10-5-4(3(2)7)11-13(8,9)12-5/h2-7H,1H2,(H,8,9)/t2-,3+,4-,5?/m1/s1. The van der Waals surface area contributed by atoms with Crippen molar-refractivity contribution < 1.29 is 33.5 Å². The minimum atomic E-state index is -4.11. The second-order valence-electron chi connectivity index (χ2n) is 2.90. The fraction of sp³-hybridized carbons (Fsp3) is 1.00. The summed E-state index contributed by atoms with van der Waals surface area (Å²) in [7, 11) is -4.11. The summed E-state index contributed by atoms with van der Waals surface area (Å²) in [6.07, 6.45) is -4.56. The fourth-order valence-corrected chi connectivity index (χ4v) is 2.30. The van der Waals surface area contributed by atoms with E-state index in [0.717, 1.165) is 0 Å². The molecule has 0 radical (unpaired) electrons. The van der Waals surface area contributed by atoms with Crippen LogP contribution >= 0.6 is 7.82 Å². The predicted octanol–water partition coefficient (Wildman–Crippen LogP) is -1.42. The lowest BCUT2D eigenvalue weighted by atomic mass is 10.1. The Morgan fingerprint density at radius 1 is 1.31 bits per heavy atom. The van der Waals surface area contributed by atoms with Gasteiger partial charge in [-0.05, 0) is 0 Å². The van der Waals surface area contributed by atoms with Crippen molar-refractivity contribution in [2.45, 2.75) is 24.6 Å². The predicted molar refractivity (Wildman–Crippen MR) is 37.5 cm³/mol. The van der Waals surface area contributed by atoms with Crippen LogP contribution in [0.15, 0.2) is 0 Å². The molecule has 2 aliphatic heterocycles. The number of phosphoric ester groups is 1. The first kappa shape index (κ1) is 9.54. The molecule has 2 heterocycles. The summed E-state index contributed by atoms with van der Waals surface area (Å²) in [5, 5.41) is 18.4. The quantitative estimate of drug-likeness (QED) is 0.423. The van der Waals surface area contributed by atoms with Crippen molar-refractivity contribution in [3.63, 3.8) is 0 Å². The molecule has 0 spiro atoms. The zero-order chi connectivity index (χ0) is 9.64. The normalized spacial score (nSPS) is 56.2. The number of fused-ring (bicyclic) bond motifs is 1. The molecule has 2 unspecified atom stereocenters. The summed E-state index contributed by atoms with van der Waals surface area (Å²) in [4.78, 5) is 8.87. The number of ether oxygens (including phenoxy) is 1. The van der Waals surface area contributed by atoms with Gasteiger partial charge in [-0.3, -0.25) is 9.05 Å². The van der Waals surface area contributed by atoms with Gasteiger partial charge >= 0.3 is 7.82 Å². The molecule has 0 aliphatic carbocycles. The van der Waals surface area contributed by atoms with Crippen molar-refractivity contribution in [3.05, 3.63) is 0 Å². The molecule has 2 rings (SSSR count). The van der Waals surface area contributed by atoms with Crippen molar-refractivity contribution in [1.82, 2.24) is 0 Å². The lowest BCUT2D eigenvalue weighted by Crippen LogP contribution is -2.51. The van der Waals surface area contributed by atoms with E-state index in [-0.39, 0.29) is 6.61 Å². The average Bonchev–Trinajstić information content (AvgIpc) is 2.34. The van der Waals surface area contributed by atoms with E-state index < -0.39 is 32.4 Å². The van der Waals surface area contributed by atoms with Crippen LogP contribution < -0.4 is 0 Å². The first-order valence-electron chi connectivity index (χ1n) is 3.67. The van der Waals surface area contributed by atoms with Crippen LogP contribution in [0.2, 0.25) is 0 Å². The summed E-state index contributed by atoms with van der Waals surface area (Å²) in [6.45, 7) is -0.147. The van der Waals surface area contributed by atoms with Crippen molar-refractivity contribution in [1.29, 1.82) is 0 Å². The minimum Gasteiger partial charge on any atom is -0.388 e. The topological polar surface area (TPSA) is 105 Å². The number of aliphatic hydroxyl groups is 2. The largest absolute Gasteiger partial charge is 0.475 e. The highest BCUT2D eigenvalue weighted by molar-refractivity contribution is 7.47. The highest BCUT2D eigenvalue weighted by Gasteiger charge is 2.52. The van der Waals surface area contributed by atoms with Gasteiger partial charge in [0, 0.05) is 0 Å². The van der Waals surface area contributed by atoms with Crippen LogP contribution in [0.5, 0.6) is 0 Å². The van der Waals surface area contributed by atoms with Gasteiger partial charge < -0.3 is 19.8 Å². The molecule has 0 aromatic rings. The molecule has 7 nitrogen and oxygen atoms in total. The third-order valence-electron chi connectivity index (χ3n) is 1.92. The molecule has 76 valence electrons. The molecule has 0 aromatic carbocycles. The van der Waals surface area contributed by atoms with Crippen LogP contribution in [-0.2, 0) is 18.3 Å². The van der Waals surface area contributed by atoms with Crippen molar-refractivity contribution in [3.8, 4) is 0 Å². The zero-order valence-corrected chi connectivity index (χ0v) is 7.33. The Bertz CT molecular complexity index is 255. The maximum atomic E-state index is 10.9. The summed E-state index contributed by atoms with van der Waals surface area (Å²) in [5.41, 5.74) is 0. The van der Waals surface area contributed by atoms with Crippen LogP contribution in [0.4, 0.5) is 0 Å². The van der Waals surface area contributed by atoms with Crippen molar-refractivity contribution >= 4 is 7.82 Å². The van der Waals surface area contributed by atoms with Crippen molar-refractivity contribution in [2.24, 2.45) is 0 Å². The second kappa shape index (κ2) is 2.99.